The maximum absolute atomic E-state index is 13.1. The predicted octanol–water partition coefficient (Wildman–Crippen LogP) is 3.14. The number of carbonyl (C=O) groups excluding carboxylic acids is 1. The molecule has 0 aliphatic carbocycles. The summed E-state index contributed by atoms with van der Waals surface area (Å²) in [7, 11) is 2.99. The molecule has 1 aromatic carbocycles. The highest BCUT2D eigenvalue weighted by molar-refractivity contribution is 6.33. The van der Waals surface area contributed by atoms with Gasteiger partial charge in [0, 0.05) is 23.9 Å². The van der Waals surface area contributed by atoms with Crippen molar-refractivity contribution in [2.45, 2.75) is 0 Å². The third kappa shape index (κ3) is 3.61. The number of anilines is 1. The van der Waals surface area contributed by atoms with E-state index in [1.807, 2.05) is 0 Å². The Bertz CT molecular complexity index is 657. The lowest BCUT2D eigenvalue weighted by atomic mass is 10.2. The molecule has 2 rings (SSSR count). The molecule has 0 aliphatic rings. The summed E-state index contributed by atoms with van der Waals surface area (Å²) < 4.78 is 23.3. The molecule has 0 aliphatic heterocycles. The lowest BCUT2D eigenvalue weighted by Gasteiger charge is -2.10. The van der Waals surface area contributed by atoms with E-state index in [1.54, 1.807) is 18.2 Å². The number of pyridine rings is 1. The van der Waals surface area contributed by atoms with Gasteiger partial charge in [0.15, 0.2) is 0 Å². The number of carbonyl (C=O) groups is 1. The lowest BCUT2D eigenvalue weighted by Crippen LogP contribution is -2.13. The normalized spacial score (nSPS) is 10.1. The molecule has 110 valence electrons. The second-order valence-corrected chi connectivity index (χ2v) is 4.41. The molecular weight excluding hydrogens is 299 g/mol. The van der Waals surface area contributed by atoms with Gasteiger partial charge in [-0.25, -0.2) is 9.37 Å². The third-order valence-electron chi connectivity index (χ3n) is 2.66. The fourth-order valence-corrected chi connectivity index (χ4v) is 1.85. The van der Waals surface area contributed by atoms with Crippen LogP contribution < -0.4 is 14.8 Å². The Morgan fingerprint density at radius 1 is 1.19 bits per heavy atom. The average Bonchev–Trinajstić information content (AvgIpc) is 2.49. The van der Waals surface area contributed by atoms with Crippen LogP contribution in [-0.2, 0) is 0 Å². The molecule has 21 heavy (non-hydrogen) atoms. The highest BCUT2D eigenvalue weighted by Crippen LogP contribution is 2.26. The molecule has 0 fully saturated rings. The monoisotopic (exact) mass is 310 g/mol. The maximum Gasteiger partial charge on any atom is 0.258 e. The van der Waals surface area contributed by atoms with Crippen molar-refractivity contribution in [2.24, 2.45) is 0 Å². The lowest BCUT2D eigenvalue weighted by molar-refractivity contribution is 0.102. The predicted molar refractivity (Wildman–Crippen MR) is 76.7 cm³/mol. The number of rotatable bonds is 4. The van der Waals surface area contributed by atoms with E-state index in [-0.39, 0.29) is 10.7 Å². The van der Waals surface area contributed by atoms with Crippen LogP contribution >= 0.6 is 11.6 Å². The zero-order valence-electron chi connectivity index (χ0n) is 11.3. The van der Waals surface area contributed by atoms with E-state index in [9.17, 15) is 9.18 Å². The van der Waals surface area contributed by atoms with Crippen LogP contribution in [-0.4, -0.2) is 25.1 Å². The van der Waals surface area contributed by atoms with Crippen LogP contribution in [0, 0.1) is 5.82 Å². The van der Waals surface area contributed by atoms with Crippen LogP contribution in [0.1, 0.15) is 10.4 Å². The second-order valence-electron chi connectivity index (χ2n) is 4.05. The number of hydrogen-bond donors (Lipinski definition) is 1. The molecule has 1 N–H and O–H groups in total. The molecule has 5 nitrogen and oxygen atoms in total. The first kappa shape index (κ1) is 15.1. The number of nitrogens with zero attached hydrogens (tertiary/aromatic N) is 1. The summed E-state index contributed by atoms with van der Waals surface area (Å²) in [6, 6.07) is 5.87. The fourth-order valence-electron chi connectivity index (χ4n) is 1.66. The van der Waals surface area contributed by atoms with Crippen molar-refractivity contribution in [3.63, 3.8) is 0 Å². The minimum Gasteiger partial charge on any atom is -0.497 e. The molecule has 0 atom stereocenters. The summed E-state index contributed by atoms with van der Waals surface area (Å²) in [5.74, 6) is -0.212. The van der Waals surface area contributed by atoms with E-state index in [0.29, 0.717) is 17.2 Å². The smallest absolute Gasteiger partial charge is 0.258 e. The number of nitrogens with one attached hydrogen (secondary N) is 1. The number of ether oxygens (including phenoxy) is 2. The zero-order valence-corrected chi connectivity index (χ0v) is 12.1. The first-order valence-corrected chi connectivity index (χ1v) is 6.26. The molecule has 0 saturated carbocycles. The minimum absolute atomic E-state index is 0.0570. The molecule has 2 aromatic rings. The molecular formula is C14H12ClFN2O3. The van der Waals surface area contributed by atoms with Crippen LogP contribution in [0.3, 0.4) is 0 Å². The number of benzene rings is 1. The van der Waals surface area contributed by atoms with Gasteiger partial charge in [-0.05, 0) is 6.07 Å². The molecule has 0 spiro atoms. The van der Waals surface area contributed by atoms with Crippen molar-refractivity contribution in [1.82, 2.24) is 4.98 Å². The molecule has 1 aromatic heterocycles. The SMILES string of the molecule is COc1cc(NC(=O)c2cc(F)cnc2Cl)cc(OC)c1. The Morgan fingerprint density at radius 3 is 2.38 bits per heavy atom. The van der Waals surface area contributed by atoms with Crippen LogP contribution in [0.4, 0.5) is 10.1 Å². The van der Waals surface area contributed by atoms with E-state index in [1.165, 1.54) is 14.2 Å². The molecule has 0 bridgehead atoms. The summed E-state index contributed by atoms with van der Waals surface area (Å²) in [4.78, 5) is 15.7. The van der Waals surface area contributed by atoms with Gasteiger partial charge in [0.25, 0.3) is 5.91 Å². The van der Waals surface area contributed by atoms with Crippen molar-refractivity contribution in [3.05, 3.63) is 47.0 Å². The van der Waals surface area contributed by atoms with Crippen LogP contribution in [0.2, 0.25) is 5.15 Å². The van der Waals surface area contributed by atoms with Crippen LogP contribution in [0.15, 0.2) is 30.5 Å². The Kier molecular flexibility index (Phi) is 4.59. The summed E-state index contributed by atoms with van der Waals surface area (Å²) in [6.45, 7) is 0. The molecule has 7 heteroatoms. The van der Waals surface area contributed by atoms with E-state index < -0.39 is 11.7 Å². The van der Waals surface area contributed by atoms with E-state index in [2.05, 4.69) is 10.3 Å². The number of hydrogen-bond acceptors (Lipinski definition) is 4. The van der Waals surface area contributed by atoms with Gasteiger partial charge in [-0.15, -0.1) is 0 Å². The molecule has 1 amide bonds. The summed E-state index contributed by atoms with van der Waals surface area (Å²) in [5, 5.41) is 2.51. The van der Waals surface area contributed by atoms with Gasteiger partial charge in [0.2, 0.25) is 0 Å². The summed E-state index contributed by atoms with van der Waals surface area (Å²) >= 11 is 5.79. The average molecular weight is 311 g/mol. The van der Waals surface area contributed by atoms with Gasteiger partial charge in [0.05, 0.1) is 26.0 Å². The van der Waals surface area contributed by atoms with Gasteiger partial charge in [-0.1, -0.05) is 11.6 Å². The van der Waals surface area contributed by atoms with Gasteiger partial charge in [-0.3, -0.25) is 4.79 Å². The van der Waals surface area contributed by atoms with Gasteiger partial charge < -0.3 is 14.8 Å². The first-order chi connectivity index (χ1) is 10.0. The molecule has 0 radical (unpaired) electrons. The summed E-state index contributed by atoms with van der Waals surface area (Å²) in [5.41, 5.74) is 0.370. The largest absolute Gasteiger partial charge is 0.497 e. The number of aromatic nitrogens is 1. The number of amides is 1. The van der Waals surface area contributed by atoms with Crippen molar-refractivity contribution in [1.29, 1.82) is 0 Å². The Hall–Kier alpha value is -2.34. The number of halogens is 2. The topological polar surface area (TPSA) is 60.5 Å². The second kappa shape index (κ2) is 6.41. The van der Waals surface area contributed by atoms with Gasteiger partial charge >= 0.3 is 0 Å². The van der Waals surface area contributed by atoms with Crippen LogP contribution in [0.25, 0.3) is 0 Å². The van der Waals surface area contributed by atoms with E-state index >= 15 is 0 Å². The Morgan fingerprint density at radius 2 is 1.81 bits per heavy atom. The first-order valence-electron chi connectivity index (χ1n) is 5.89. The molecule has 0 saturated heterocycles. The highest BCUT2D eigenvalue weighted by Gasteiger charge is 2.14. The fraction of sp³-hybridized carbons (Fsp3) is 0.143. The minimum atomic E-state index is -0.646. The van der Waals surface area contributed by atoms with Crippen molar-refractivity contribution >= 4 is 23.2 Å². The Labute approximate surface area is 125 Å². The van der Waals surface area contributed by atoms with Crippen LogP contribution in [0.5, 0.6) is 11.5 Å². The Balaban J connectivity index is 2.28. The van der Waals surface area contributed by atoms with Gasteiger partial charge in [0.1, 0.15) is 22.5 Å². The van der Waals surface area contributed by atoms with Gasteiger partial charge in [-0.2, -0.15) is 0 Å². The standard InChI is InChI=1S/C14H12ClFN2O3/c1-20-10-4-9(5-11(6-10)21-2)18-14(19)12-3-8(16)7-17-13(12)15/h3-7H,1-2H3,(H,18,19). The van der Waals surface area contributed by atoms with Crippen molar-refractivity contribution < 1.29 is 18.7 Å². The quantitative estimate of drug-likeness (QED) is 0.881. The summed E-state index contributed by atoms with van der Waals surface area (Å²) in [6.07, 6.45) is 0.938. The number of methoxy groups -OCH3 is 2. The van der Waals surface area contributed by atoms with Crippen molar-refractivity contribution in [3.8, 4) is 11.5 Å². The highest BCUT2D eigenvalue weighted by atomic mass is 35.5. The third-order valence-corrected chi connectivity index (χ3v) is 2.96. The van der Waals surface area contributed by atoms with E-state index in [4.69, 9.17) is 21.1 Å². The molecule has 1 heterocycles. The zero-order chi connectivity index (χ0) is 15.4. The molecule has 0 unspecified atom stereocenters. The van der Waals surface area contributed by atoms with E-state index in [0.717, 1.165) is 12.3 Å². The maximum atomic E-state index is 13.1. The van der Waals surface area contributed by atoms with Crippen molar-refractivity contribution in [2.75, 3.05) is 19.5 Å².